The monoisotopic (exact) mass is 418 g/mol. The summed E-state index contributed by atoms with van der Waals surface area (Å²) in [6.07, 6.45) is -3.16. The van der Waals surface area contributed by atoms with E-state index in [9.17, 15) is 18.0 Å². The molecule has 0 fully saturated rings. The topological polar surface area (TPSA) is 49.6 Å². The standard InChI is InChI=1S/C22H25F3N4O/c1-5-17-20(29-13-15(22(23,24)25)8-11-19(29)26-17)21(30)27-18-10-9-16(12-14(18)4)28(6-2)7-3/h8-13H,5-7H2,1-4H3,(H,27,30). The number of halogens is 3. The van der Waals surface area contributed by atoms with Gasteiger partial charge in [0, 0.05) is 30.7 Å². The molecule has 1 aromatic carbocycles. The highest BCUT2D eigenvalue weighted by Gasteiger charge is 2.32. The van der Waals surface area contributed by atoms with Crippen LogP contribution in [0, 0.1) is 6.92 Å². The third-order valence-electron chi connectivity index (χ3n) is 5.15. The second-order valence-corrected chi connectivity index (χ2v) is 7.03. The van der Waals surface area contributed by atoms with Crippen LogP contribution in [0.5, 0.6) is 0 Å². The predicted molar refractivity (Wildman–Crippen MR) is 112 cm³/mol. The van der Waals surface area contributed by atoms with Crippen molar-refractivity contribution in [2.24, 2.45) is 0 Å². The summed E-state index contributed by atoms with van der Waals surface area (Å²) in [5, 5.41) is 2.84. The van der Waals surface area contributed by atoms with Crippen LogP contribution in [0.15, 0.2) is 36.5 Å². The number of carbonyl (C=O) groups excluding carboxylic acids is 1. The SMILES string of the molecule is CCc1nc2ccc(C(F)(F)F)cn2c1C(=O)Nc1ccc(N(CC)CC)cc1C. The van der Waals surface area contributed by atoms with Gasteiger partial charge in [-0.25, -0.2) is 4.98 Å². The molecule has 2 aromatic heterocycles. The Labute approximate surface area is 173 Å². The number of nitrogens with one attached hydrogen (secondary N) is 1. The predicted octanol–water partition coefficient (Wildman–Crippen LogP) is 5.32. The van der Waals surface area contributed by atoms with Gasteiger partial charge in [0.2, 0.25) is 0 Å². The van der Waals surface area contributed by atoms with Crippen LogP contribution in [0.3, 0.4) is 0 Å². The van der Waals surface area contributed by atoms with Crippen molar-refractivity contribution >= 4 is 22.9 Å². The molecular weight excluding hydrogens is 393 g/mol. The molecule has 0 radical (unpaired) electrons. The summed E-state index contributed by atoms with van der Waals surface area (Å²) in [7, 11) is 0. The molecule has 0 saturated heterocycles. The van der Waals surface area contributed by atoms with Gasteiger partial charge in [0.15, 0.2) is 0 Å². The average Bonchev–Trinajstić information content (AvgIpc) is 3.08. The molecule has 0 aliphatic carbocycles. The lowest BCUT2D eigenvalue weighted by Gasteiger charge is -2.22. The summed E-state index contributed by atoms with van der Waals surface area (Å²) in [4.78, 5) is 19.6. The fraction of sp³-hybridized carbons (Fsp3) is 0.364. The molecule has 160 valence electrons. The van der Waals surface area contributed by atoms with Gasteiger partial charge >= 0.3 is 6.18 Å². The lowest BCUT2D eigenvalue weighted by molar-refractivity contribution is -0.137. The van der Waals surface area contributed by atoms with Crippen LogP contribution in [0.1, 0.15) is 48.1 Å². The van der Waals surface area contributed by atoms with E-state index in [0.717, 1.165) is 36.6 Å². The summed E-state index contributed by atoms with van der Waals surface area (Å²) in [6.45, 7) is 9.57. The first-order chi connectivity index (χ1) is 14.2. The molecule has 0 spiro atoms. The van der Waals surface area contributed by atoms with Crippen LogP contribution in [0.2, 0.25) is 0 Å². The molecule has 3 rings (SSSR count). The highest BCUT2D eigenvalue weighted by Crippen LogP contribution is 2.30. The summed E-state index contributed by atoms with van der Waals surface area (Å²) >= 11 is 0. The van der Waals surface area contributed by atoms with Crippen molar-refractivity contribution < 1.29 is 18.0 Å². The molecule has 1 N–H and O–H groups in total. The van der Waals surface area contributed by atoms with Crippen LogP contribution in [0.4, 0.5) is 24.5 Å². The average molecular weight is 418 g/mol. The number of alkyl halides is 3. The van der Waals surface area contributed by atoms with E-state index in [-0.39, 0.29) is 5.69 Å². The fourth-order valence-electron chi connectivity index (χ4n) is 3.50. The van der Waals surface area contributed by atoms with Crippen LogP contribution < -0.4 is 10.2 Å². The molecule has 0 saturated carbocycles. The number of anilines is 2. The molecule has 5 nitrogen and oxygen atoms in total. The minimum atomic E-state index is -4.50. The molecule has 0 aliphatic heterocycles. The third kappa shape index (κ3) is 4.13. The number of carbonyl (C=O) groups is 1. The van der Waals surface area contributed by atoms with E-state index in [0.29, 0.717) is 23.4 Å². The smallest absolute Gasteiger partial charge is 0.372 e. The number of nitrogens with zero attached hydrogens (tertiary/aromatic N) is 3. The Bertz CT molecular complexity index is 1070. The highest BCUT2D eigenvalue weighted by molar-refractivity contribution is 6.05. The van der Waals surface area contributed by atoms with Crippen LogP contribution >= 0.6 is 0 Å². The van der Waals surface area contributed by atoms with Gasteiger partial charge in [-0.2, -0.15) is 13.2 Å². The number of benzene rings is 1. The Morgan fingerprint density at radius 1 is 1.13 bits per heavy atom. The highest BCUT2D eigenvalue weighted by atomic mass is 19.4. The maximum absolute atomic E-state index is 13.2. The zero-order valence-corrected chi connectivity index (χ0v) is 17.5. The third-order valence-corrected chi connectivity index (χ3v) is 5.15. The minimum Gasteiger partial charge on any atom is -0.372 e. The summed E-state index contributed by atoms with van der Waals surface area (Å²) < 4.78 is 40.7. The molecule has 30 heavy (non-hydrogen) atoms. The van der Waals surface area contributed by atoms with Crippen LogP contribution in [0.25, 0.3) is 5.65 Å². The number of imidazole rings is 1. The molecule has 8 heteroatoms. The number of hydrogen-bond acceptors (Lipinski definition) is 3. The normalized spacial score (nSPS) is 11.7. The molecule has 3 aromatic rings. The van der Waals surface area contributed by atoms with E-state index in [1.54, 1.807) is 0 Å². The first-order valence-electron chi connectivity index (χ1n) is 9.94. The van der Waals surface area contributed by atoms with Gasteiger partial charge in [-0.15, -0.1) is 0 Å². The zero-order valence-electron chi connectivity index (χ0n) is 17.5. The van der Waals surface area contributed by atoms with Crippen molar-refractivity contribution in [3.05, 3.63) is 59.0 Å². The second kappa shape index (κ2) is 8.38. The molecule has 0 atom stereocenters. The number of aromatic nitrogens is 2. The second-order valence-electron chi connectivity index (χ2n) is 7.03. The first kappa shape index (κ1) is 21.7. The molecule has 0 aliphatic rings. The fourth-order valence-corrected chi connectivity index (χ4v) is 3.50. The van der Waals surface area contributed by atoms with E-state index < -0.39 is 17.6 Å². The Kier molecular flexibility index (Phi) is 6.05. The zero-order chi connectivity index (χ0) is 22.1. The Balaban J connectivity index is 1.99. The maximum atomic E-state index is 13.2. The van der Waals surface area contributed by atoms with E-state index >= 15 is 0 Å². The van der Waals surface area contributed by atoms with Crippen LogP contribution in [-0.2, 0) is 12.6 Å². The lowest BCUT2D eigenvalue weighted by Crippen LogP contribution is -2.22. The van der Waals surface area contributed by atoms with E-state index in [4.69, 9.17) is 0 Å². The van der Waals surface area contributed by atoms with Crippen molar-refractivity contribution in [2.45, 2.75) is 40.3 Å². The Morgan fingerprint density at radius 3 is 2.40 bits per heavy atom. The van der Waals surface area contributed by atoms with Crippen LogP contribution in [-0.4, -0.2) is 28.4 Å². The molecule has 0 unspecified atom stereocenters. The maximum Gasteiger partial charge on any atom is 0.417 e. The first-order valence-corrected chi connectivity index (χ1v) is 9.94. The minimum absolute atomic E-state index is 0.116. The number of amides is 1. The summed E-state index contributed by atoms with van der Waals surface area (Å²) in [5.41, 5.74) is 2.57. The Hall–Kier alpha value is -3.03. The number of rotatable bonds is 6. The number of fused-ring (bicyclic) bond motifs is 1. The number of aryl methyl sites for hydroxylation is 2. The Morgan fingerprint density at radius 2 is 1.83 bits per heavy atom. The molecule has 2 heterocycles. The van der Waals surface area contributed by atoms with Crippen molar-refractivity contribution in [2.75, 3.05) is 23.3 Å². The number of hydrogen-bond donors (Lipinski definition) is 1. The molecule has 0 bridgehead atoms. The van der Waals surface area contributed by atoms with Gasteiger partial charge in [0.05, 0.1) is 11.3 Å². The number of pyridine rings is 1. The van der Waals surface area contributed by atoms with E-state index in [1.807, 2.05) is 32.0 Å². The van der Waals surface area contributed by atoms with Crippen molar-refractivity contribution in [3.8, 4) is 0 Å². The van der Waals surface area contributed by atoms with E-state index in [2.05, 4.69) is 29.0 Å². The van der Waals surface area contributed by atoms with Gasteiger partial charge in [-0.05, 0) is 63.1 Å². The quantitative estimate of drug-likeness (QED) is 0.589. The van der Waals surface area contributed by atoms with Gasteiger partial charge < -0.3 is 10.2 Å². The summed E-state index contributed by atoms with van der Waals surface area (Å²) in [6, 6.07) is 7.98. The lowest BCUT2D eigenvalue weighted by atomic mass is 10.1. The van der Waals surface area contributed by atoms with Gasteiger partial charge in [-0.1, -0.05) is 6.92 Å². The summed E-state index contributed by atoms with van der Waals surface area (Å²) in [5.74, 6) is -0.489. The largest absolute Gasteiger partial charge is 0.417 e. The van der Waals surface area contributed by atoms with Crippen molar-refractivity contribution in [1.82, 2.24) is 9.38 Å². The van der Waals surface area contributed by atoms with E-state index in [1.165, 1.54) is 10.5 Å². The van der Waals surface area contributed by atoms with Gasteiger partial charge in [0.1, 0.15) is 11.3 Å². The van der Waals surface area contributed by atoms with Crippen molar-refractivity contribution in [1.29, 1.82) is 0 Å². The van der Waals surface area contributed by atoms with Crippen molar-refractivity contribution in [3.63, 3.8) is 0 Å². The van der Waals surface area contributed by atoms with Gasteiger partial charge in [0.25, 0.3) is 5.91 Å². The molecule has 1 amide bonds. The van der Waals surface area contributed by atoms with Gasteiger partial charge in [-0.3, -0.25) is 9.20 Å². The molecular formula is C22H25F3N4O.